The van der Waals surface area contributed by atoms with Crippen molar-refractivity contribution in [1.29, 1.82) is 0 Å². The molecule has 2 nitrogen and oxygen atoms in total. The molecule has 0 atom stereocenters. The molecular formula is C17H15BrN2. The molecule has 0 aliphatic carbocycles. The Morgan fingerprint density at radius 3 is 2.60 bits per heavy atom. The fourth-order valence-electron chi connectivity index (χ4n) is 2.24. The molecule has 2 aromatic carbocycles. The van der Waals surface area contributed by atoms with Crippen molar-refractivity contribution in [2.24, 2.45) is 0 Å². The SMILES string of the molecule is Cc1cc2ccccc2c(Nc2ccc(C)c(Br)c2)n1. The molecule has 0 saturated heterocycles. The van der Waals surface area contributed by atoms with Gasteiger partial charge in [-0.05, 0) is 43.0 Å². The highest BCUT2D eigenvalue weighted by atomic mass is 79.9. The van der Waals surface area contributed by atoms with E-state index in [-0.39, 0.29) is 0 Å². The molecule has 0 amide bonds. The number of pyridine rings is 1. The van der Waals surface area contributed by atoms with E-state index in [0.29, 0.717) is 0 Å². The Kier molecular flexibility index (Phi) is 3.45. The molecule has 0 spiro atoms. The van der Waals surface area contributed by atoms with Gasteiger partial charge in [0.1, 0.15) is 5.82 Å². The Bertz CT molecular complexity index is 781. The summed E-state index contributed by atoms with van der Waals surface area (Å²) < 4.78 is 1.10. The van der Waals surface area contributed by atoms with E-state index in [9.17, 15) is 0 Å². The molecule has 1 heterocycles. The van der Waals surface area contributed by atoms with Crippen LogP contribution in [0.2, 0.25) is 0 Å². The van der Waals surface area contributed by atoms with E-state index in [1.54, 1.807) is 0 Å². The van der Waals surface area contributed by atoms with Gasteiger partial charge in [-0.15, -0.1) is 0 Å². The number of aromatic nitrogens is 1. The number of aryl methyl sites for hydroxylation is 2. The van der Waals surface area contributed by atoms with E-state index in [0.717, 1.165) is 27.1 Å². The third-order valence-corrected chi connectivity index (χ3v) is 4.16. The average molecular weight is 327 g/mol. The lowest BCUT2D eigenvalue weighted by molar-refractivity contribution is 1.22. The number of benzene rings is 2. The first kappa shape index (κ1) is 13.1. The molecule has 20 heavy (non-hydrogen) atoms. The van der Waals surface area contributed by atoms with Gasteiger partial charge in [0.15, 0.2) is 0 Å². The second-order valence-electron chi connectivity index (χ2n) is 4.92. The van der Waals surface area contributed by atoms with Crippen LogP contribution in [0.4, 0.5) is 11.5 Å². The first-order valence-electron chi connectivity index (χ1n) is 6.53. The molecule has 0 unspecified atom stereocenters. The van der Waals surface area contributed by atoms with Gasteiger partial charge in [-0.2, -0.15) is 0 Å². The van der Waals surface area contributed by atoms with Crippen LogP contribution in [-0.2, 0) is 0 Å². The summed E-state index contributed by atoms with van der Waals surface area (Å²) in [6.45, 7) is 4.09. The van der Waals surface area contributed by atoms with Crippen molar-refractivity contribution in [3.05, 3.63) is 64.3 Å². The third kappa shape index (κ3) is 2.54. The molecule has 0 fully saturated rings. The van der Waals surface area contributed by atoms with Crippen molar-refractivity contribution >= 4 is 38.2 Å². The van der Waals surface area contributed by atoms with Crippen LogP contribution < -0.4 is 5.32 Å². The van der Waals surface area contributed by atoms with Gasteiger partial charge < -0.3 is 5.32 Å². The van der Waals surface area contributed by atoms with Crippen LogP contribution in [0, 0.1) is 13.8 Å². The van der Waals surface area contributed by atoms with Crippen LogP contribution in [0.15, 0.2) is 53.0 Å². The molecule has 3 heteroatoms. The average Bonchev–Trinajstić information content (AvgIpc) is 2.43. The van der Waals surface area contributed by atoms with Crippen molar-refractivity contribution < 1.29 is 0 Å². The third-order valence-electron chi connectivity index (χ3n) is 3.30. The summed E-state index contributed by atoms with van der Waals surface area (Å²) in [7, 11) is 0. The Morgan fingerprint density at radius 2 is 1.80 bits per heavy atom. The Hall–Kier alpha value is -1.87. The molecule has 0 aliphatic rings. The smallest absolute Gasteiger partial charge is 0.138 e. The maximum atomic E-state index is 4.62. The molecule has 3 aromatic rings. The first-order chi connectivity index (χ1) is 9.63. The summed E-state index contributed by atoms with van der Waals surface area (Å²) in [5, 5.41) is 5.75. The minimum Gasteiger partial charge on any atom is -0.340 e. The van der Waals surface area contributed by atoms with Crippen molar-refractivity contribution in [2.45, 2.75) is 13.8 Å². The Balaban J connectivity index is 2.07. The summed E-state index contributed by atoms with van der Waals surface area (Å²) in [5.41, 5.74) is 3.26. The number of hydrogen-bond acceptors (Lipinski definition) is 2. The predicted octanol–water partition coefficient (Wildman–Crippen LogP) is 5.36. The normalized spacial score (nSPS) is 10.8. The zero-order valence-electron chi connectivity index (χ0n) is 11.4. The highest BCUT2D eigenvalue weighted by Crippen LogP contribution is 2.27. The molecule has 100 valence electrons. The van der Waals surface area contributed by atoms with Gasteiger partial charge in [-0.25, -0.2) is 4.98 Å². The fraction of sp³-hybridized carbons (Fsp3) is 0.118. The maximum absolute atomic E-state index is 4.62. The van der Waals surface area contributed by atoms with Crippen LogP contribution in [0.5, 0.6) is 0 Å². The van der Waals surface area contributed by atoms with Crippen LogP contribution in [0.1, 0.15) is 11.3 Å². The van der Waals surface area contributed by atoms with Gasteiger partial charge in [0.05, 0.1) is 0 Å². The number of halogens is 1. The lowest BCUT2D eigenvalue weighted by atomic mass is 10.1. The number of hydrogen-bond donors (Lipinski definition) is 1. The minimum atomic E-state index is 0.899. The van der Waals surface area contributed by atoms with E-state index in [2.05, 4.69) is 69.6 Å². The molecule has 1 N–H and O–H groups in total. The van der Waals surface area contributed by atoms with Crippen molar-refractivity contribution in [3.8, 4) is 0 Å². The first-order valence-corrected chi connectivity index (χ1v) is 7.32. The van der Waals surface area contributed by atoms with Crippen LogP contribution >= 0.6 is 15.9 Å². The zero-order valence-corrected chi connectivity index (χ0v) is 13.0. The summed E-state index contributed by atoms with van der Waals surface area (Å²) >= 11 is 3.56. The summed E-state index contributed by atoms with van der Waals surface area (Å²) in [4.78, 5) is 4.62. The van der Waals surface area contributed by atoms with E-state index >= 15 is 0 Å². The van der Waals surface area contributed by atoms with Crippen molar-refractivity contribution in [2.75, 3.05) is 5.32 Å². The standard InChI is InChI=1S/C17H15BrN2/c1-11-7-8-14(10-16(11)18)20-17-15-6-4-3-5-13(15)9-12(2)19-17/h3-10H,1-2H3,(H,19,20). The van der Waals surface area contributed by atoms with Gasteiger partial charge >= 0.3 is 0 Å². The lowest BCUT2D eigenvalue weighted by Crippen LogP contribution is -1.96. The van der Waals surface area contributed by atoms with Crippen LogP contribution in [0.3, 0.4) is 0 Å². The van der Waals surface area contributed by atoms with Gasteiger partial charge in [0.25, 0.3) is 0 Å². The highest BCUT2D eigenvalue weighted by Gasteiger charge is 2.05. The van der Waals surface area contributed by atoms with Gasteiger partial charge in [-0.3, -0.25) is 0 Å². The quantitative estimate of drug-likeness (QED) is 0.685. The molecule has 0 saturated carbocycles. The minimum absolute atomic E-state index is 0.899. The summed E-state index contributed by atoms with van der Waals surface area (Å²) in [6.07, 6.45) is 0. The highest BCUT2D eigenvalue weighted by molar-refractivity contribution is 9.10. The monoisotopic (exact) mass is 326 g/mol. The molecule has 3 rings (SSSR count). The van der Waals surface area contributed by atoms with E-state index in [4.69, 9.17) is 0 Å². The molecule has 0 radical (unpaired) electrons. The van der Waals surface area contributed by atoms with Gasteiger partial charge in [0.2, 0.25) is 0 Å². The van der Waals surface area contributed by atoms with Crippen LogP contribution in [0.25, 0.3) is 10.8 Å². The topological polar surface area (TPSA) is 24.9 Å². The van der Waals surface area contributed by atoms with Crippen LogP contribution in [-0.4, -0.2) is 4.98 Å². The molecule has 1 aromatic heterocycles. The lowest BCUT2D eigenvalue weighted by Gasteiger charge is -2.11. The summed E-state index contributed by atoms with van der Waals surface area (Å²) in [5.74, 6) is 0.899. The van der Waals surface area contributed by atoms with E-state index < -0.39 is 0 Å². The molecule has 0 aliphatic heterocycles. The molecular weight excluding hydrogens is 312 g/mol. The van der Waals surface area contributed by atoms with Crippen molar-refractivity contribution in [3.63, 3.8) is 0 Å². The zero-order chi connectivity index (χ0) is 14.1. The number of rotatable bonds is 2. The van der Waals surface area contributed by atoms with E-state index in [1.807, 2.05) is 19.1 Å². The maximum Gasteiger partial charge on any atom is 0.138 e. The fourth-order valence-corrected chi connectivity index (χ4v) is 2.61. The number of nitrogens with one attached hydrogen (secondary N) is 1. The predicted molar refractivity (Wildman–Crippen MR) is 88.6 cm³/mol. The molecule has 0 bridgehead atoms. The second-order valence-corrected chi connectivity index (χ2v) is 5.78. The van der Waals surface area contributed by atoms with Gasteiger partial charge in [-0.1, -0.05) is 46.3 Å². The number of nitrogens with zero attached hydrogens (tertiary/aromatic N) is 1. The van der Waals surface area contributed by atoms with Gasteiger partial charge in [0, 0.05) is 21.2 Å². The Labute approximate surface area is 127 Å². The Morgan fingerprint density at radius 1 is 1.00 bits per heavy atom. The summed E-state index contributed by atoms with van der Waals surface area (Å²) in [6, 6.07) is 16.6. The number of anilines is 2. The number of fused-ring (bicyclic) bond motifs is 1. The van der Waals surface area contributed by atoms with Crippen molar-refractivity contribution in [1.82, 2.24) is 4.98 Å². The second kappa shape index (κ2) is 5.25. The van der Waals surface area contributed by atoms with E-state index in [1.165, 1.54) is 10.9 Å². The largest absolute Gasteiger partial charge is 0.340 e.